The van der Waals surface area contributed by atoms with E-state index >= 15 is 0 Å². The molecule has 0 heterocycles. The highest BCUT2D eigenvalue weighted by Crippen LogP contribution is 2.25. The van der Waals surface area contributed by atoms with Crippen molar-refractivity contribution in [3.05, 3.63) is 28.8 Å². The van der Waals surface area contributed by atoms with Gasteiger partial charge in [-0.15, -0.1) is 0 Å². The van der Waals surface area contributed by atoms with Crippen molar-refractivity contribution in [3.8, 4) is 0 Å². The summed E-state index contributed by atoms with van der Waals surface area (Å²) in [5.74, 6) is -0.662. The van der Waals surface area contributed by atoms with Gasteiger partial charge in [0.1, 0.15) is 9.74 Å². The Morgan fingerprint density at radius 1 is 1.40 bits per heavy atom. The Hall–Kier alpha value is -1.18. The van der Waals surface area contributed by atoms with E-state index in [9.17, 15) is 13.2 Å². The predicted molar refractivity (Wildman–Crippen MR) is 84.9 cm³/mol. The minimum absolute atomic E-state index is 0.182. The van der Waals surface area contributed by atoms with Crippen molar-refractivity contribution in [2.75, 3.05) is 11.6 Å². The molecule has 0 aliphatic heterocycles. The first-order valence-electron chi connectivity index (χ1n) is 5.57. The van der Waals surface area contributed by atoms with E-state index in [1.807, 2.05) is 0 Å². The number of carbonyl (C=O) groups excluding carboxylic acids is 1. The fraction of sp³-hybridized carbons (Fsp3) is 0.333. The summed E-state index contributed by atoms with van der Waals surface area (Å²) in [4.78, 5) is 12.2. The third-order valence-corrected chi connectivity index (χ3v) is 5.56. The molecular formula is C12H15ClN2O3S2. The molecule has 0 unspecified atom stereocenters. The minimum Gasteiger partial charge on any atom is -0.389 e. The molecule has 1 rings (SSSR count). The molecule has 20 heavy (non-hydrogen) atoms. The fourth-order valence-electron chi connectivity index (χ4n) is 1.21. The lowest BCUT2D eigenvalue weighted by Crippen LogP contribution is -2.43. The Bertz CT molecular complexity index is 669. The van der Waals surface area contributed by atoms with Crippen LogP contribution in [-0.2, 0) is 14.6 Å². The van der Waals surface area contributed by atoms with E-state index in [1.165, 1.54) is 26.0 Å². The topological polar surface area (TPSA) is 89.3 Å². The van der Waals surface area contributed by atoms with Crippen LogP contribution in [0.1, 0.15) is 19.4 Å². The van der Waals surface area contributed by atoms with E-state index in [2.05, 4.69) is 5.32 Å². The summed E-state index contributed by atoms with van der Waals surface area (Å²) in [6.07, 6.45) is 1.00. The molecule has 0 spiro atoms. The van der Waals surface area contributed by atoms with Crippen LogP contribution in [0.15, 0.2) is 18.2 Å². The summed E-state index contributed by atoms with van der Waals surface area (Å²) in [5.41, 5.74) is 6.33. The van der Waals surface area contributed by atoms with E-state index in [0.717, 1.165) is 6.26 Å². The first-order valence-corrected chi connectivity index (χ1v) is 8.25. The molecule has 5 nitrogen and oxygen atoms in total. The number of rotatable bonds is 4. The van der Waals surface area contributed by atoms with Crippen LogP contribution in [0.4, 0.5) is 5.69 Å². The number of anilines is 1. The molecule has 1 amide bonds. The van der Waals surface area contributed by atoms with Gasteiger partial charge in [-0.25, -0.2) is 8.42 Å². The average molecular weight is 335 g/mol. The Balaban J connectivity index is 3.06. The zero-order valence-corrected chi connectivity index (χ0v) is 13.6. The lowest BCUT2D eigenvalue weighted by atomic mass is 10.1. The largest absolute Gasteiger partial charge is 0.389 e. The fourth-order valence-corrected chi connectivity index (χ4v) is 1.95. The second-order valence-corrected chi connectivity index (χ2v) is 8.21. The quantitative estimate of drug-likeness (QED) is 0.819. The van der Waals surface area contributed by atoms with Crippen LogP contribution in [0.5, 0.6) is 0 Å². The number of nitrogens with one attached hydrogen (secondary N) is 1. The van der Waals surface area contributed by atoms with Crippen molar-refractivity contribution < 1.29 is 13.2 Å². The standard InChI is InChI=1S/C12H15ClN2O3S2/c1-12(2,20(3,17)18)11(16)15-9-5-4-7(10(14)19)6-8(9)13/h4-6H,1-3H3,(H2,14,19)(H,15,16). The lowest BCUT2D eigenvalue weighted by molar-refractivity contribution is -0.117. The Morgan fingerprint density at radius 2 is 1.95 bits per heavy atom. The highest BCUT2D eigenvalue weighted by atomic mass is 35.5. The summed E-state index contributed by atoms with van der Waals surface area (Å²) in [5, 5.41) is 2.72. The van der Waals surface area contributed by atoms with Gasteiger partial charge in [-0.05, 0) is 32.0 Å². The molecule has 0 bridgehead atoms. The molecule has 1 aromatic rings. The van der Waals surface area contributed by atoms with Gasteiger partial charge in [0.05, 0.1) is 10.7 Å². The van der Waals surface area contributed by atoms with Crippen LogP contribution >= 0.6 is 23.8 Å². The number of carbonyl (C=O) groups is 1. The van der Waals surface area contributed by atoms with E-state index in [0.29, 0.717) is 11.3 Å². The van der Waals surface area contributed by atoms with Crippen molar-refractivity contribution in [2.45, 2.75) is 18.6 Å². The Kier molecular flexibility index (Phi) is 4.78. The summed E-state index contributed by atoms with van der Waals surface area (Å²) >= 11 is 10.8. The number of benzene rings is 1. The molecule has 1 aromatic carbocycles. The average Bonchev–Trinajstić information content (AvgIpc) is 2.29. The first kappa shape index (κ1) is 16.9. The summed E-state index contributed by atoms with van der Waals surface area (Å²) in [7, 11) is -3.55. The van der Waals surface area contributed by atoms with Crippen molar-refractivity contribution in [2.24, 2.45) is 5.73 Å². The molecule has 0 aromatic heterocycles. The van der Waals surface area contributed by atoms with Crippen molar-refractivity contribution in [1.29, 1.82) is 0 Å². The number of nitrogens with two attached hydrogens (primary N) is 1. The van der Waals surface area contributed by atoms with Crippen molar-refractivity contribution in [1.82, 2.24) is 0 Å². The van der Waals surface area contributed by atoms with Crippen LogP contribution in [0.3, 0.4) is 0 Å². The molecule has 8 heteroatoms. The van der Waals surface area contributed by atoms with Gasteiger partial charge in [0.2, 0.25) is 5.91 Å². The normalized spacial score (nSPS) is 12.0. The third-order valence-electron chi connectivity index (χ3n) is 2.98. The van der Waals surface area contributed by atoms with Crippen LogP contribution in [0.2, 0.25) is 5.02 Å². The predicted octanol–water partition coefficient (Wildman–Crippen LogP) is 1.74. The van der Waals surface area contributed by atoms with Gasteiger partial charge < -0.3 is 11.1 Å². The van der Waals surface area contributed by atoms with Crippen molar-refractivity contribution in [3.63, 3.8) is 0 Å². The maximum atomic E-state index is 12.1. The van der Waals surface area contributed by atoms with Gasteiger partial charge in [-0.3, -0.25) is 4.79 Å². The monoisotopic (exact) mass is 334 g/mol. The molecule has 3 N–H and O–H groups in total. The molecule has 0 atom stereocenters. The number of hydrogen-bond donors (Lipinski definition) is 2. The first-order chi connectivity index (χ1) is 8.96. The molecule has 0 saturated heterocycles. The Labute approximate surface area is 128 Å². The van der Waals surface area contributed by atoms with Gasteiger partial charge in [0.25, 0.3) is 0 Å². The number of thiocarbonyl (C=S) groups is 1. The third kappa shape index (κ3) is 3.47. The van der Waals surface area contributed by atoms with Crippen LogP contribution in [0.25, 0.3) is 0 Å². The van der Waals surface area contributed by atoms with E-state index in [4.69, 9.17) is 29.6 Å². The van der Waals surface area contributed by atoms with Gasteiger partial charge in [0, 0.05) is 11.8 Å². The maximum Gasteiger partial charge on any atom is 0.245 e. The number of hydrogen-bond acceptors (Lipinski definition) is 4. The van der Waals surface area contributed by atoms with Gasteiger partial charge in [0.15, 0.2) is 9.84 Å². The summed E-state index contributed by atoms with van der Waals surface area (Å²) < 4.78 is 21.6. The lowest BCUT2D eigenvalue weighted by Gasteiger charge is -2.21. The van der Waals surface area contributed by atoms with Gasteiger partial charge in [-0.1, -0.05) is 23.8 Å². The van der Waals surface area contributed by atoms with E-state index < -0.39 is 20.5 Å². The maximum absolute atomic E-state index is 12.1. The van der Waals surface area contributed by atoms with E-state index in [-0.39, 0.29) is 10.0 Å². The van der Waals surface area contributed by atoms with Crippen molar-refractivity contribution >= 4 is 50.2 Å². The highest BCUT2D eigenvalue weighted by molar-refractivity contribution is 7.92. The summed E-state index contributed by atoms with van der Waals surface area (Å²) in [6, 6.07) is 4.62. The molecule has 0 fully saturated rings. The zero-order chi connectivity index (χ0) is 15.7. The summed E-state index contributed by atoms with van der Waals surface area (Å²) in [6.45, 7) is 2.66. The SMILES string of the molecule is CC(C)(C(=O)Nc1ccc(C(N)=S)cc1Cl)S(C)(=O)=O. The second-order valence-electron chi connectivity index (χ2n) is 4.80. The molecule has 0 aliphatic carbocycles. The second kappa shape index (κ2) is 5.67. The minimum atomic E-state index is -3.55. The number of sulfone groups is 1. The highest BCUT2D eigenvalue weighted by Gasteiger charge is 2.38. The van der Waals surface area contributed by atoms with Gasteiger partial charge >= 0.3 is 0 Å². The molecule has 0 aliphatic rings. The molecule has 0 saturated carbocycles. The van der Waals surface area contributed by atoms with Crippen LogP contribution < -0.4 is 11.1 Å². The molecule has 110 valence electrons. The Morgan fingerprint density at radius 3 is 2.35 bits per heavy atom. The molecule has 0 radical (unpaired) electrons. The van der Waals surface area contributed by atoms with Crippen LogP contribution in [0, 0.1) is 0 Å². The van der Waals surface area contributed by atoms with E-state index in [1.54, 1.807) is 6.07 Å². The number of halogens is 1. The van der Waals surface area contributed by atoms with Crippen LogP contribution in [-0.4, -0.2) is 30.3 Å². The molecular weight excluding hydrogens is 320 g/mol. The zero-order valence-electron chi connectivity index (χ0n) is 11.2. The number of amides is 1. The van der Waals surface area contributed by atoms with Gasteiger partial charge in [-0.2, -0.15) is 0 Å². The smallest absolute Gasteiger partial charge is 0.245 e.